The lowest BCUT2D eigenvalue weighted by molar-refractivity contribution is -0.184. The molecule has 2 unspecified atom stereocenters. The summed E-state index contributed by atoms with van der Waals surface area (Å²) in [5, 5.41) is 1.80. The number of benzene rings is 1. The minimum absolute atomic E-state index is 0.0275. The average molecular weight is 392 g/mol. The molecule has 3 rings (SSSR count). The summed E-state index contributed by atoms with van der Waals surface area (Å²) in [5.74, 6) is -0.930. The van der Waals surface area contributed by atoms with E-state index < -0.39 is 5.79 Å². The molecule has 1 aromatic heterocycles. The van der Waals surface area contributed by atoms with E-state index in [2.05, 4.69) is 20.9 Å². The van der Waals surface area contributed by atoms with Gasteiger partial charge in [0.05, 0.1) is 30.6 Å². The molecule has 1 aliphatic heterocycles. The van der Waals surface area contributed by atoms with Crippen LogP contribution in [0.5, 0.6) is 0 Å². The largest absolute Gasteiger partial charge is 0.342 e. The molecule has 1 fully saturated rings. The zero-order chi connectivity index (χ0) is 14.9. The van der Waals surface area contributed by atoms with E-state index in [1.54, 1.807) is 24.7 Å². The van der Waals surface area contributed by atoms with Gasteiger partial charge in [0.2, 0.25) is 5.79 Å². The third-order valence-corrected chi connectivity index (χ3v) is 4.59. The van der Waals surface area contributed by atoms with Crippen molar-refractivity contribution in [2.75, 3.05) is 11.9 Å². The normalized spacial score (nSPS) is 25.4. The molecule has 0 spiro atoms. The Morgan fingerprint density at radius 3 is 2.90 bits per heavy atom. The van der Waals surface area contributed by atoms with Crippen molar-refractivity contribution in [1.82, 2.24) is 9.55 Å². The predicted molar refractivity (Wildman–Crippen MR) is 85.0 cm³/mol. The van der Waals surface area contributed by atoms with Crippen molar-refractivity contribution in [3.05, 3.63) is 52.5 Å². The number of nitrogens with zero attached hydrogens (tertiary/aromatic N) is 2. The van der Waals surface area contributed by atoms with E-state index in [1.165, 1.54) is 0 Å². The summed E-state index contributed by atoms with van der Waals surface area (Å²) in [6.45, 7) is 0.969. The van der Waals surface area contributed by atoms with Crippen LogP contribution >= 0.6 is 39.1 Å². The Labute approximate surface area is 141 Å². The number of rotatable bonds is 4. The Kier molecular flexibility index (Phi) is 4.57. The molecule has 4 nitrogen and oxygen atoms in total. The zero-order valence-electron chi connectivity index (χ0n) is 11.0. The first-order valence-corrected chi connectivity index (χ1v) is 8.30. The summed E-state index contributed by atoms with van der Waals surface area (Å²) in [7, 11) is 0. The van der Waals surface area contributed by atoms with E-state index in [4.69, 9.17) is 32.7 Å². The van der Waals surface area contributed by atoms with E-state index in [0.29, 0.717) is 28.5 Å². The Morgan fingerprint density at radius 1 is 1.43 bits per heavy atom. The lowest BCUT2D eigenvalue weighted by Crippen LogP contribution is -2.33. The molecule has 7 heteroatoms. The Hall–Kier alpha value is -0.590. The minimum Gasteiger partial charge on any atom is -0.342 e. The quantitative estimate of drug-likeness (QED) is 0.742. The highest BCUT2D eigenvalue weighted by Crippen LogP contribution is 2.40. The Balaban J connectivity index is 1.99. The van der Waals surface area contributed by atoms with Crippen molar-refractivity contribution >= 4 is 39.1 Å². The topological polar surface area (TPSA) is 36.3 Å². The van der Waals surface area contributed by atoms with Gasteiger partial charge in [-0.25, -0.2) is 4.98 Å². The van der Waals surface area contributed by atoms with E-state index in [9.17, 15) is 0 Å². The van der Waals surface area contributed by atoms with Crippen LogP contribution in [0.1, 0.15) is 5.56 Å². The van der Waals surface area contributed by atoms with Gasteiger partial charge >= 0.3 is 0 Å². The summed E-state index contributed by atoms with van der Waals surface area (Å²) >= 11 is 15.8. The lowest BCUT2D eigenvalue weighted by Gasteiger charge is -2.29. The highest BCUT2D eigenvalue weighted by molar-refractivity contribution is 9.09. The fraction of sp³-hybridized carbons (Fsp3) is 0.357. The molecule has 112 valence electrons. The van der Waals surface area contributed by atoms with Gasteiger partial charge in [0.15, 0.2) is 0 Å². The van der Waals surface area contributed by atoms with E-state index in [0.717, 1.165) is 5.56 Å². The molecule has 1 aliphatic rings. The number of ether oxygens (including phenoxy) is 2. The first-order chi connectivity index (χ1) is 10.1. The maximum absolute atomic E-state index is 6.35. The molecule has 21 heavy (non-hydrogen) atoms. The first kappa shape index (κ1) is 15.3. The molecule has 1 aromatic carbocycles. The molecule has 0 amide bonds. The van der Waals surface area contributed by atoms with Crippen molar-refractivity contribution in [2.24, 2.45) is 0 Å². The molecule has 0 radical (unpaired) electrons. The molecule has 0 aliphatic carbocycles. The van der Waals surface area contributed by atoms with Gasteiger partial charge in [-0.2, -0.15) is 0 Å². The van der Waals surface area contributed by atoms with Gasteiger partial charge in [-0.1, -0.05) is 45.2 Å². The number of alkyl halides is 1. The second kappa shape index (κ2) is 6.26. The molecule has 2 heterocycles. The third-order valence-electron chi connectivity index (χ3n) is 3.32. The van der Waals surface area contributed by atoms with Crippen LogP contribution in [-0.2, 0) is 21.8 Å². The minimum atomic E-state index is -0.930. The molecule has 2 aromatic rings. The van der Waals surface area contributed by atoms with Crippen LogP contribution in [0, 0.1) is 0 Å². The fourth-order valence-corrected chi connectivity index (χ4v) is 3.24. The fourth-order valence-electron chi connectivity index (χ4n) is 2.37. The monoisotopic (exact) mass is 390 g/mol. The van der Waals surface area contributed by atoms with Crippen molar-refractivity contribution in [2.45, 2.75) is 18.4 Å². The second-order valence-corrected chi connectivity index (χ2v) is 6.31. The SMILES string of the molecule is Clc1ccc(C2(Cn3ccnc3)OCC(CBr)O2)c(Cl)c1. The van der Waals surface area contributed by atoms with Gasteiger partial charge in [0.25, 0.3) is 0 Å². The molecular weight excluding hydrogens is 379 g/mol. The number of aromatic nitrogens is 2. The smallest absolute Gasteiger partial charge is 0.215 e. The number of hydrogen-bond acceptors (Lipinski definition) is 3. The highest BCUT2D eigenvalue weighted by Gasteiger charge is 2.44. The Morgan fingerprint density at radius 2 is 2.29 bits per heavy atom. The first-order valence-electron chi connectivity index (χ1n) is 6.42. The average Bonchev–Trinajstić information content (AvgIpc) is 3.09. The predicted octanol–water partition coefficient (Wildman–Crippen LogP) is 3.85. The Bertz CT molecular complexity index is 623. The number of hydrogen-bond donors (Lipinski definition) is 0. The van der Waals surface area contributed by atoms with E-state index in [1.807, 2.05) is 16.8 Å². The molecular formula is C14H13BrCl2N2O2. The summed E-state index contributed by atoms with van der Waals surface area (Å²) in [4.78, 5) is 4.05. The zero-order valence-corrected chi connectivity index (χ0v) is 14.1. The van der Waals surface area contributed by atoms with E-state index in [-0.39, 0.29) is 6.10 Å². The van der Waals surface area contributed by atoms with Gasteiger partial charge in [0, 0.05) is 28.3 Å². The van der Waals surface area contributed by atoms with Crippen LogP contribution in [0.3, 0.4) is 0 Å². The van der Waals surface area contributed by atoms with Crippen LogP contribution in [0.25, 0.3) is 0 Å². The summed E-state index contributed by atoms with van der Waals surface area (Å²) in [5.41, 5.74) is 0.769. The standard InChI is InChI=1S/C14H13BrCl2N2O2/c15-6-11-7-20-14(21-11,8-19-4-3-18-9-19)12-2-1-10(16)5-13(12)17/h1-5,9,11H,6-8H2. The van der Waals surface area contributed by atoms with Crippen molar-refractivity contribution < 1.29 is 9.47 Å². The van der Waals surface area contributed by atoms with Crippen LogP contribution in [0.4, 0.5) is 0 Å². The van der Waals surface area contributed by atoms with Gasteiger partial charge in [0.1, 0.15) is 0 Å². The maximum atomic E-state index is 6.35. The lowest BCUT2D eigenvalue weighted by atomic mass is 10.1. The van der Waals surface area contributed by atoms with Crippen LogP contribution in [0.15, 0.2) is 36.9 Å². The third kappa shape index (κ3) is 3.12. The molecule has 0 N–H and O–H groups in total. The number of imidazole rings is 1. The molecule has 0 bridgehead atoms. The van der Waals surface area contributed by atoms with Crippen molar-refractivity contribution in [1.29, 1.82) is 0 Å². The maximum Gasteiger partial charge on any atom is 0.215 e. The molecule has 1 saturated heterocycles. The highest BCUT2D eigenvalue weighted by atomic mass is 79.9. The van der Waals surface area contributed by atoms with Crippen LogP contribution in [-0.4, -0.2) is 27.6 Å². The summed E-state index contributed by atoms with van der Waals surface area (Å²) in [6.07, 6.45) is 5.27. The summed E-state index contributed by atoms with van der Waals surface area (Å²) in [6, 6.07) is 5.33. The summed E-state index contributed by atoms with van der Waals surface area (Å²) < 4.78 is 14.0. The van der Waals surface area contributed by atoms with E-state index >= 15 is 0 Å². The van der Waals surface area contributed by atoms with Gasteiger partial charge in [-0.05, 0) is 12.1 Å². The molecule has 0 saturated carbocycles. The van der Waals surface area contributed by atoms with Crippen molar-refractivity contribution in [3.63, 3.8) is 0 Å². The van der Waals surface area contributed by atoms with Gasteiger partial charge < -0.3 is 14.0 Å². The van der Waals surface area contributed by atoms with Gasteiger partial charge in [-0.3, -0.25) is 0 Å². The second-order valence-electron chi connectivity index (χ2n) is 4.82. The molecule has 2 atom stereocenters. The van der Waals surface area contributed by atoms with Crippen LogP contribution in [0.2, 0.25) is 10.0 Å². The van der Waals surface area contributed by atoms with Crippen LogP contribution < -0.4 is 0 Å². The number of halogens is 3. The van der Waals surface area contributed by atoms with Crippen molar-refractivity contribution in [3.8, 4) is 0 Å². The van der Waals surface area contributed by atoms with Gasteiger partial charge in [-0.15, -0.1) is 0 Å².